The summed E-state index contributed by atoms with van der Waals surface area (Å²) in [5.41, 5.74) is 0. The highest BCUT2D eigenvalue weighted by Gasteiger charge is 2.21. The Morgan fingerprint density at radius 1 is 0.554 bits per heavy atom. The van der Waals surface area contributed by atoms with Crippen LogP contribution in [-0.4, -0.2) is 70.0 Å². The van der Waals surface area contributed by atoms with Gasteiger partial charge in [0.2, 0.25) is 0 Å². The maximum atomic E-state index is 12.7. The van der Waals surface area contributed by atoms with Crippen molar-refractivity contribution >= 4 is 19.8 Å². The van der Waals surface area contributed by atoms with E-state index in [0.29, 0.717) is 23.9 Å². The Morgan fingerprint density at radius 3 is 1.48 bits per heavy atom. The van der Waals surface area contributed by atoms with Gasteiger partial charge in [0, 0.05) is 12.8 Å². The molecule has 0 spiro atoms. The van der Waals surface area contributed by atoms with Crippen molar-refractivity contribution in [2.45, 2.75) is 161 Å². The van der Waals surface area contributed by atoms with E-state index in [1.807, 2.05) is 27.2 Å². The van der Waals surface area contributed by atoms with E-state index in [1.165, 1.54) is 51.4 Å². The summed E-state index contributed by atoms with van der Waals surface area (Å²) in [5.74, 6) is -0.923. The lowest BCUT2D eigenvalue weighted by Gasteiger charge is -2.28. The van der Waals surface area contributed by atoms with Crippen LogP contribution in [0.25, 0.3) is 0 Å². The predicted molar refractivity (Wildman–Crippen MR) is 231 cm³/mol. The summed E-state index contributed by atoms with van der Waals surface area (Å²) in [5, 5.41) is 0. The zero-order chi connectivity index (χ0) is 41.4. The second-order valence-electron chi connectivity index (χ2n) is 15.3. The Hall–Kier alpha value is -2.55. The molecule has 322 valence electrons. The summed E-state index contributed by atoms with van der Waals surface area (Å²) < 4.78 is 33.8. The van der Waals surface area contributed by atoms with Gasteiger partial charge in [0.15, 0.2) is 6.10 Å². The lowest BCUT2D eigenvalue weighted by molar-refractivity contribution is -0.870. The number of nitrogens with zero attached hydrogens (tertiary/aromatic N) is 1. The van der Waals surface area contributed by atoms with Crippen LogP contribution in [0.4, 0.5) is 0 Å². The third-order valence-electron chi connectivity index (χ3n) is 8.70. The summed E-state index contributed by atoms with van der Waals surface area (Å²) in [4.78, 5) is 37.5. The van der Waals surface area contributed by atoms with E-state index >= 15 is 0 Å². The molecule has 0 amide bonds. The Balaban J connectivity index is 4.51. The summed E-state index contributed by atoms with van der Waals surface area (Å²) in [7, 11) is 1.11. The number of hydrogen-bond donors (Lipinski definition) is 0. The van der Waals surface area contributed by atoms with Crippen LogP contribution in [-0.2, 0) is 32.7 Å². The molecule has 0 aromatic heterocycles. The Labute approximate surface area is 342 Å². The van der Waals surface area contributed by atoms with Crippen molar-refractivity contribution in [2.24, 2.45) is 0 Å². The van der Waals surface area contributed by atoms with Crippen molar-refractivity contribution in [3.05, 3.63) is 72.9 Å². The zero-order valence-electron chi connectivity index (χ0n) is 36.1. The first-order valence-electron chi connectivity index (χ1n) is 21.6. The van der Waals surface area contributed by atoms with Crippen LogP contribution in [0.1, 0.15) is 155 Å². The van der Waals surface area contributed by atoms with E-state index in [2.05, 4.69) is 80.7 Å². The minimum absolute atomic E-state index is 0.0457. The van der Waals surface area contributed by atoms with Crippen LogP contribution < -0.4 is 4.89 Å². The second-order valence-corrected chi connectivity index (χ2v) is 16.8. The number of carbonyl (C=O) groups excluding carboxylic acids is 2. The number of unbranched alkanes of at least 4 members (excludes halogenated alkanes) is 12. The number of hydrogen-bond acceptors (Lipinski definition) is 8. The first kappa shape index (κ1) is 53.5. The van der Waals surface area contributed by atoms with E-state index in [4.69, 9.17) is 18.5 Å². The van der Waals surface area contributed by atoms with Crippen molar-refractivity contribution in [1.82, 2.24) is 0 Å². The molecule has 0 fully saturated rings. The molecule has 0 aromatic carbocycles. The number of allylic oxidation sites excluding steroid dienone is 12. The van der Waals surface area contributed by atoms with Gasteiger partial charge < -0.3 is 27.9 Å². The fourth-order valence-corrected chi connectivity index (χ4v) is 5.99. The van der Waals surface area contributed by atoms with Crippen LogP contribution >= 0.6 is 7.82 Å². The average Bonchev–Trinajstić information content (AvgIpc) is 3.15. The molecule has 10 heteroatoms. The Bertz CT molecular complexity index is 1180. The van der Waals surface area contributed by atoms with Crippen molar-refractivity contribution < 1.29 is 42.1 Å². The van der Waals surface area contributed by atoms with E-state index in [9.17, 15) is 19.0 Å². The van der Waals surface area contributed by atoms with E-state index in [1.54, 1.807) is 0 Å². The topological polar surface area (TPSA) is 111 Å². The third-order valence-corrected chi connectivity index (χ3v) is 9.66. The molecular formula is C46H80NO8P. The maximum absolute atomic E-state index is 12.7. The molecule has 0 aromatic rings. The van der Waals surface area contributed by atoms with Crippen molar-refractivity contribution in [2.75, 3.05) is 47.5 Å². The van der Waals surface area contributed by atoms with Crippen molar-refractivity contribution in [3.63, 3.8) is 0 Å². The van der Waals surface area contributed by atoms with Crippen molar-refractivity contribution in [3.8, 4) is 0 Å². The molecule has 0 N–H and O–H groups in total. The largest absolute Gasteiger partial charge is 0.756 e. The Kier molecular flexibility index (Phi) is 36.3. The molecule has 2 atom stereocenters. The number of likely N-dealkylation sites (N-methyl/N-ethyl adjacent to an activating group) is 1. The quantitative estimate of drug-likeness (QED) is 0.0199. The zero-order valence-corrected chi connectivity index (χ0v) is 36.9. The molecular weight excluding hydrogens is 725 g/mol. The van der Waals surface area contributed by atoms with Gasteiger partial charge in [-0.1, -0.05) is 132 Å². The van der Waals surface area contributed by atoms with Gasteiger partial charge in [-0.05, 0) is 83.5 Å². The number of carbonyl (C=O) groups is 2. The van der Waals surface area contributed by atoms with Crippen molar-refractivity contribution in [1.29, 1.82) is 0 Å². The fraction of sp³-hybridized carbons (Fsp3) is 0.696. The highest BCUT2D eigenvalue weighted by Crippen LogP contribution is 2.38. The van der Waals surface area contributed by atoms with Gasteiger partial charge in [-0.2, -0.15) is 0 Å². The first-order valence-corrected chi connectivity index (χ1v) is 23.1. The highest BCUT2D eigenvalue weighted by atomic mass is 31.2. The summed E-state index contributed by atoms with van der Waals surface area (Å²) in [6.07, 6.45) is 46.4. The standard InChI is InChI=1S/C46H80NO8P/c1-6-8-10-12-14-16-18-20-22-23-25-26-28-30-32-34-36-38-45(48)52-42-44(43-54-56(50,51)53-41-40-47(3,4)5)55-46(49)39-37-35-33-31-29-27-24-21-19-17-15-13-11-9-7-2/h14-17,20-22,24-26,30,32,44H,6-13,18-19,23,27-29,31,33-43H2,1-5H3/b16-14+,17-15+,22-20+,24-21+,26-25+,32-30+/t44-/m1/s1. The van der Waals surface area contributed by atoms with Gasteiger partial charge in [-0.3, -0.25) is 14.2 Å². The molecule has 0 aliphatic heterocycles. The molecule has 56 heavy (non-hydrogen) atoms. The minimum atomic E-state index is -4.64. The van der Waals surface area contributed by atoms with Gasteiger partial charge in [0.25, 0.3) is 7.82 Å². The molecule has 0 rings (SSSR count). The molecule has 9 nitrogen and oxygen atoms in total. The van der Waals surface area contributed by atoms with Gasteiger partial charge in [0.05, 0.1) is 27.7 Å². The SMILES string of the molecule is CCCCC/C=C/C/C=C/C/C=C/C/C=C/CCCC(=O)OC[C@H](COP(=O)([O-])OCC[N+](C)(C)C)OC(=O)CCCCCCC/C=C/C/C=C/CCCCC. The smallest absolute Gasteiger partial charge is 0.306 e. The summed E-state index contributed by atoms with van der Waals surface area (Å²) in [6.45, 7) is 4.07. The van der Waals surface area contributed by atoms with Crippen LogP contribution in [0, 0.1) is 0 Å². The van der Waals surface area contributed by atoms with Gasteiger partial charge in [-0.25, -0.2) is 0 Å². The van der Waals surface area contributed by atoms with Gasteiger partial charge in [0.1, 0.15) is 19.8 Å². The molecule has 0 aliphatic carbocycles. The van der Waals surface area contributed by atoms with Crippen LogP contribution in [0.5, 0.6) is 0 Å². The molecule has 1 unspecified atom stereocenters. The number of ether oxygens (including phenoxy) is 2. The Morgan fingerprint density at radius 2 is 0.982 bits per heavy atom. The monoisotopic (exact) mass is 806 g/mol. The molecule has 0 heterocycles. The molecule has 0 radical (unpaired) electrons. The molecule has 0 saturated carbocycles. The second kappa shape index (κ2) is 38.0. The lowest BCUT2D eigenvalue weighted by Crippen LogP contribution is -2.37. The normalized spacial score (nSPS) is 14.3. The number of rotatable bonds is 38. The van der Waals surface area contributed by atoms with E-state index < -0.39 is 32.5 Å². The fourth-order valence-electron chi connectivity index (χ4n) is 5.26. The number of phosphoric ester groups is 1. The van der Waals surface area contributed by atoms with Gasteiger partial charge >= 0.3 is 11.9 Å². The van der Waals surface area contributed by atoms with E-state index in [0.717, 1.165) is 64.2 Å². The van der Waals surface area contributed by atoms with Crippen LogP contribution in [0.3, 0.4) is 0 Å². The molecule has 0 bridgehead atoms. The van der Waals surface area contributed by atoms with Gasteiger partial charge in [-0.15, -0.1) is 0 Å². The molecule has 0 aliphatic rings. The highest BCUT2D eigenvalue weighted by molar-refractivity contribution is 7.45. The summed E-state index contributed by atoms with van der Waals surface area (Å²) in [6, 6.07) is 0. The number of esters is 2. The lowest BCUT2D eigenvalue weighted by atomic mass is 10.1. The minimum Gasteiger partial charge on any atom is -0.756 e. The van der Waals surface area contributed by atoms with Crippen LogP contribution in [0.15, 0.2) is 72.9 Å². The maximum Gasteiger partial charge on any atom is 0.306 e. The molecule has 0 saturated heterocycles. The third kappa shape index (κ3) is 41.1. The predicted octanol–water partition coefficient (Wildman–Crippen LogP) is 11.6. The number of phosphoric acid groups is 1. The van der Waals surface area contributed by atoms with E-state index in [-0.39, 0.29) is 26.1 Å². The van der Waals surface area contributed by atoms with Crippen LogP contribution in [0.2, 0.25) is 0 Å². The average molecular weight is 806 g/mol. The first-order chi connectivity index (χ1) is 27.0. The number of quaternary nitrogens is 1. The summed E-state index contributed by atoms with van der Waals surface area (Å²) >= 11 is 0.